The fourth-order valence-corrected chi connectivity index (χ4v) is 1.91. The maximum Gasteiger partial charge on any atom is 0.0458 e. The largest absolute Gasteiger partial charge is 0.399 e. The molecule has 0 fully saturated rings. The quantitative estimate of drug-likeness (QED) is 0.684. The first kappa shape index (κ1) is 10.1. The first-order valence-electron chi connectivity index (χ1n) is 5.31. The average molecular weight is 202 g/mol. The van der Waals surface area contributed by atoms with E-state index in [1.807, 2.05) is 18.2 Å². The van der Waals surface area contributed by atoms with E-state index in [9.17, 15) is 0 Å². The number of rotatable bonds is 1. The van der Waals surface area contributed by atoms with Crippen LogP contribution in [0.4, 0.5) is 5.69 Å². The first-order chi connectivity index (χ1) is 6.96. The molecule has 1 heterocycles. The molecule has 0 aliphatic heterocycles. The highest BCUT2D eigenvalue weighted by molar-refractivity contribution is 5.86. The topological polar surface area (TPSA) is 41.8 Å². The van der Waals surface area contributed by atoms with E-state index in [1.165, 1.54) is 16.5 Å². The SMILES string of the molecule is CC(C)(C)Cc1c[nH]c2ccc(N)cc12. The predicted molar refractivity (Wildman–Crippen MR) is 65.9 cm³/mol. The lowest BCUT2D eigenvalue weighted by Crippen LogP contribution is -2.08. The van der Waals surface area contributed by atoms with E-state index in [2.05, 4.69) is 32.0 Å². The van der Waals surface area contributed by atoms with Gasteiger partial charge in [-0.15, -0.1) is 0 Å². The minimum atomic E-state index is 0.305. The maximum atomic E-state index is 5.80. The predicted octanol–water partition coefficient (Wildman–Crippen LogP) is 3.34. The van der Waals surface area contributed by atoms with Crippen LogP contribution in [0.5, 0.6) is 0 Å². The van der Waals surface area contributed by atoms with Crippen molar-refractivity contribution in [3.8, 4) is 0 Å². The van der Waals surface area contributed by atoms with Gasteiger partial charge in [-0.3, -0.25) is 0 Å². The minimum absolute atomic E-state index is 0.305. The number of aromatic nitrogens is 1. The van der Waals surface area contributed by atoms with E-state index in [0.29, 0.717) is 5.41 Å². The number of nitrogens with two attached hydrogens (primary N) is 1. The summed E-state index contributed by atoms with van der Waals surface area (Å²) in [5.74, 6) is 0. The van der Waals surface area contributed by atoms with Gasteiger partial charge in [0.25, 0.3) is 0 Å². The number of hydrogen-bond donors (Lipinski definition) is 2. The summed E-state index contributed by atoms with van der Waals surface area (Å²) in [6, 6.07) is 6.02. The zero-order chi connectivity index (χ0) is 11.1. The second kappa shape index (κ2) is 3.30. The molecule has 0 aliphatic rings. The van der Waals surface area contributed by atoms with Crippen LogP contribution in [0.15, 0.2) is 24.4 Å². The zero-order valence-electron chi connectivity index (χ0n) is 9.59. The van der Waals surface area contributed by atoms with Crippen molar-refractivity contribution >= 4 is 16.6 Å². The maximum absolute atomic E-state index is 5.80. The van der Waals surface area contributed by atoms with Gasteiger partial charge >= 0.3 is 0 Å². The molecule has 2 heteroatoms. The summed E-state index contributed by atoms with van der Waals surface area (Å²) in [5, 5.41) is 1.25. The standard InChI is InChI=1S/C13H18N2/c1-13(2,3)7-9-8-15-12-5-4-10(14)6-11(9)12/h4-6,8,15H,7,14H2,1-3H3. The number of nitrogens with one attached hydrogen (secondary N) is 1. The molecule has 2 aromatic rings. The third-order valence-electron chi connectivity index (χ3n) is 2.51. The van der Waals surface area contributed by atoms with Crippen LogP contribution in [0.3, 0.4) is 0 Å². The van der Waals surface area contributed by atoms with Gasteiger partial charge in [0, 0.05) is 22.8 Å². The van der Waals surface area contributed by atoms with Crippen LogP contribution in [0.2, 0.25) is 0 Å². The second-order valence-electron chi connectivity index (χ2n) is 5.36. The van der Waals surface area contributed by atoms with Crippen LogP contribution in [0.25, 0.3) is 10.9 Å². The molecule has 1 aromatic heterocycles. The number of H-pyrrole nitrogens is 1. The van der Waals surface area contributed by atoms with E-state index in [1.54, 1.807) is 0 Å². The molecular weight excluding hydrogens is 184 g/mol. The Morgan fingerprint density at radius 3 is 2.67 bits per heavy atom. The van der Waals surface area contributed by atoms with Crippen LogP contribution in [0.1, 0.15) is 26.3 Å². The van der Waals surface area contributed by atoms with Crippen molar-refractivity contribution in [3.63, 3.8) is 0 Å². The second-order valence-corrected chi connectivity index (χ2v) is 5.36. The molecule has 0 aliphatic carbocycles. The van der Waals surface area contributed by atoms with Crippen molar-refractivity contribution in [1.29, 1.82) is 0 Å². The van der Waals surface area contributed by atoms with Gasteiger partial charge in [-0.05, 0) is 35.6 Å². The smallest absolute Gasteiger partial charge is 0.0458 e. The van der Waals surface area contributed by atoms with Crippen molar-refractivity contribution in [1.82, 2.24) is 4.98 Å². The summed E-state index contributed by atoms with van der Waals surface area (Å²) < 4.78 is 0. The molecule has 0 saturated heterocycles. The Labute approximate surface area is 90.5 Å². The van der Waals surface area contributed by atoms with Gasteiger partial charge in [0.15, 0.2) is 0 Å². The lowest BCUT2D eigenvalue weighted by Gasteiger charge is -2.17. The molecule has 3 N–H and O–H groups in total. The molecule has 1 aromatic carbocycles. The monoisotopic (exact) mass is 202 g/mol. The summed E-state index contributed by atoms with van der Waals surface area (Å²) in [4.78, 5) is 3.28. The molecule has 2 rings (SSSR count). The highest BCUT2D eigenvalue weighted by Crippen LogP contribution is 2.27. The van der Waals surface area contributed by atoms with Crippen molar-refractivity contribution in [3.05, 3.63) is 30.0 Å². The number of hydrogen-bond acceptors (Lipinski definition) is 1. The number of anilines is 1. The van der Waals surface area contributed by atoms with Gasteiger partial charge in [-0.25, -0.2) is 0 Å². The van der Waals surface area contributed by atoms with E-state index in [0.717, 1.165) is 12.1 Å². The molecule has 0 unspecified atom stereocenters. The third-order valence-corrected chi connectivity index (χ3v) is 2.51. The van der Waals surface area contributed by atoms with Crippen LogP contribution >= 0.6 is 0 Å². The van der Waals surface area contributed by atoms with Gasteiger partial charge < -0.3 is 10.7 Å². The van der Waals surface area contributed by atoms with Crippen LogP contribution in [-0.4, -0.2) is 4.98 Å². The number of fused-ring (bicyclic) bond motifs is 1. The van der Waals surface area contributed by atoms with E-state index in [4.69, 9.17) is 5.73 Å². The molecule has 80 valence electrons. The molecule has 0 atom stereocenters. The molecule has 2 nitrogen and oxygen atoms in total. The van der Waals surface area contributed by atoms with E-state index < -0.39 is 0 Å². The fourth-order valence-electron chi connectivity index (χ4n) is 1.91. The summed E-state index contributed by atoms with van der Waals surface area (Å²) in [7, 11) is 0. The Balaban J connectivity index is 2.48. The molecule has 0 radical (unpaired) electrons. The molecule has 15 heavy (non-hydrogen) atoms. The molecule has 0 saturated carbocycles. The Morgan fingerprint density at radius 1 is 1.27 bits per heavy atom. The highest BCUT2D eigenvalue weighted by Gasteiger charge is 2.14. The average Bonchev–Trinajstić information content (AvgIpc) is 2.46. The zero-order valence-corrected chi connectivity index (χ0v) is 9.59. The number of aromatic amines is 1. The lowest BCUT2D eigenvalue weighted by molar-refractivity contribution is 0.412. The Bertz CT molecular complexity index is 475. The summed E-state index contributed by atoms with van der Waals surface area (Å²) in [6.07, 6.45) is 3.16. The molecular formula is C13H18N2. The van der Waals surface area contributed by atoms with Gasteiger partial charge in [-0.2, -0.15) is 0 Å². The Hall–Kier alpha value is -1.44. The van der Waals surface area contributed by atoms with Crippen LogP contribution < -0.4 is 5.73 Å². The highest BCUT2D eigenvalue weighted by atomic mass is 14.7. The van der Waals surface area contributed by atoms with Crippen LogP contribution in [0, 0.1) is 5.41 Å². The molecule has 0 bridgehead atoms. The minimum Gasteiger partial charge on any atom is -0.399 e. The summed E-state index contributed by atoms with van der Waals surface area (Å²) >= 11 is 0. The van der Waals surface area contributed by atoms with Gasteiger partial charge in [0.05, 0.1) is 0 Å². The molecule has 0 amide bonds. The summed E-state index contributed by atoms with van der Waals surface area (Å²) in [5.41, 5.74) is 9.46. The first-order valence-corrected chi connectivity index (χ1v) is 5.31. The summed E-state index contributed by atoms with van der Waals surface area (Å²) in [6.45, 7) is 6.74. The van der Waals surface area contributed by atoms with E-state index >= 15 is 0 Å². The van der Waals surface area contributed by atoms with Crippen LogP contribution in [-0.2, 0) is 6.42 Å². The van der Waals surface area contributed by atoms with Gasteiger partial charge in [0.1, 0.15) is 0 Å². The van der Waals surface area contributed by atoms with Crippen molar-refractivity contribution in [2.24, 2.45) is 5.41 Å². The van der Waals surface area contributed by atoms with Crippen molar-refractivity contribution in [2.45, 2.75) is 27.2 Å². The van der Waals surface area contributed by atoms with Crippen molar-refractivity contribution < 1.29 is 0 Å². The Morgan fingerprint density at radius 2 is 2.00 bits per heavy atom. The van der Waals surface area contributed by atoms with Gasteiger partial charge in [-0.1, -0.05) is 20.8 Å². The normalized spacial score (nSPS) is 12.2. The third kappa shape index (κ3) is 2.14. The lowest BCUT2D eigenvalue weighted by atomic mass is 9.88. The van der Waals surface area contributed by atoms with Crippen molar-refractivity contribution in [2.75, 3.05) is 5.73 Å². The Kier molecular flexibility index (Phi) is 2.22. The van der Waals surface area contributed by atoms with E-state index in [-0.39, 0.29) is 0 Å². The van der Waals surface area contributed by atoms with Gasteiger partial charge in [0.2, 0.25) is 0 Å². The molecule has 0 spiro atoms. The number of nitrogen functional groups attached to an aromatic ring is 1. The fraction of sp³-hybridized carbons (Fsp3) is 0.385. The number of benzene rings is 1.